The lowest BCUT2D eigenvalue weighted by Crippen LogP contribution is -2.26. The Labute approximate surface area is 150 Å². The molecule has 1 unspecified atom stereocenters. The minimum Gasteiger partial charge on any atom is -0.457 e. The summed E-state index contributed by atoms with van der Waals surface area (Å²) in [5.41, 5.74) is 0. The van der Waals surface area contributed by atoms with E-state index in [1.54, 1.807) is 0 Å². The van der Waals surface area contributed by atoms with E-state index in [-0.39, 0.29) is 6.42 Å². The zero-order chi connectivity index (χ0) is 19.0. The number of aliphatic hydroxyl groups is 1. The predicted molar refractivity (Wildman–Crippen MR) is 95.9 cm³/mol. The topological polar surface area (TPSA) is 113 Å². The number of allylic oxidation sites excluding steroid dienone is 2. The summed E-state index contributed by atoms with van der Waals surface area (Å²) in [6.45, 7) is 1.12. The van der Waals surface area contributed by atoms with Gasteiger partial charge < -0.3 is 19.6 Å². The third-order valence-corrected chi connectivity index (χ3v) is 4.06. The molecule has 148 valence electrons. The molecule has 0 rings (SSSR count). The van der Waals surface area contributed by atoms with Crippen molar-refractivity contribution < 1.29 is 33.5 Å². The smallest absolute Gasteiger partial charge is 0.457 e. The van der Waals surface area contributed by atoms with Crippen molar-refractivity contribution in [3.05, 3.63) is 12.2 Å². The fourth-order valence-corrected chi connectivity index (χ4v) is 2.54. The number of ether oxygens (including phenoxy) is 1. The Morgan fingerprint density at radius 2 is 1.64 bits per heavy atom. The highest BCUT2D eigenvalue weighted by molar-refractivity contribution is 7.46. The first kappa shape index (κ1) is 24.3. The van der Waals surface area contributed by atoms with Gasteiger partial charge in [-0.1, -0.05) is 44.8 Å². The minimum atomic E-state index is -4.63. The molecule has 0 saturated heterocycles. The second-order valence-corrected chi connectivity index (χ2v) is 7.24. The number of phosphoric acid groups is 1. The summed E-state index contributed by atoms with van der Waals surface area (Å²) in [5.74, 6) is -0.500. The van der Waals surface area contributed by atoms with Gasteiger partial charge in [0.15, 0.2) is 0 Å². The highest BCUT2D eigenvalue weighted by Gasteiger charge is 2.20. The van der Waals surface area contributed by atoms with Gasteiger partial charge in [-0.3, -0.25) is 9.32 Å². The van der Waals surface area contributed by atoms with Crippen molar-refractivity contribution in [2.24, 2.45) is 0 Å². The Kier molecular flexibility index (Phi) is 15.1. The summed E-state index contributed by atoms with van der Waals surface area (Å²) in [6.07, 6.45) is 13.4. The quantitative estimate of drug-likeness (QED) is 0.163. The Morgan fingerprint density at radius 1 is 1.04 bits per heavy atom. The van der Waals surface area contributed by atoms with E-state index < -0.39 is 33.1 Å². The Bertz CT molecular complexity index is 406. The van der Waals surface area contributed by atoms with Gasteiger partial charge in [-0.15, -0.1) is 0 Å². The van der Waals surface area contributed by atoms with E-state index in [4.69, 9.17) is 19.6 Å². The lowest BCUT2D eigenvalue weighted by Gasteiger charge is -2.15. The monoisotopic (exact) mass is 380 g/mol. The first-order chi connectivity index (χ1) is 11.9. The van der Waals surface area contributed by atoms with Gasteiger partial charge in [0.05, 0.1) is 13.2 Å². The number of phosphoric ester groups is 1. The van der Waals surface area contributed by atoms with E-state index >= 15 is 0 Å². The average Bonchev–Trinajstić information content (AvgIpc) is 2.55. The molecule has 0 aliphatic carbocycles. The van der Waals surface area contributed by atoms with E-state index in [0.29, 0.717) is 6.42 Å². The molecule has 0 amide bonds. The molecule has 25 heavy (non-hydrogen) atoms. The zero-order valence-electron chi connectivity index (χ0n) is 15.1. The van der Waals surface area contributed by atoms with Crippen LogP contribution in [0.3, 0.4) is 0 Å². The summed E-state index contributed by atoms with van der Waals surface area (Å²) < 4.78 is 19.7. The van der Waals surface area contributed by atoms with Crippen molar-refractivity contribution in [1.29, 1.82) is 0 Å². The highest BCUT2D eigenvalue weighted by Crippen LogP contribution is 2.35. The first-order valence-electron chi connectivity index (χ1n) is 9.04. The number of hydrogen-bond donors (Lipinski definition) is 3. The number of carbonyl (C=O) groups is 1. The van der Waals surface area contributed by atoms with Crippen LogP contribution >= 0.6 is 7.82 Å². The fraction of sp³-hybridized carbons (Fsp3) is 0.824. The number of hydrogen-bond acceptors (Lipinski definition) is 5. The van der Waals surface area contributed by atoms with E-state index in [2.05, 4.69) is 23.6 Å². The van der Waals surface area contributed by atoms with Crippen molar-refractivity contribution >= 4 is 13.8 Å². The maximum atomic E-state index is 11.6. The van der Waals surface area contributed by atoms with Gasteiger partial charge in [-0.25, -0.2) is 4.57 Å². The van der Waals surface area contributed by atoms with E-state index in [1.165, 1.54) is 25.7 Å². The van der Waals surface area contributed by atoms with Crippen LogP contribution in [-0.4, -0.2) is 40.2 Å². The SMILES string of the molecule is CCCCCCC=CCCCCCC(=O)OC(CO)COP(=O)(O)O. The molecule has 0 spiro atoms. The number of unbranched alkanes of at least 4 members (excludes halogenated alkanes) is 7. The van der Waals surface area contributed by atoms with E-state index in [0.717, 1.165) is 25.7 Å². The Balaban J connectivity index is 3.62. The fourth-order valence-electron chi connectivity index (χ4n) is 2.18. The van der Waals surface area contributed by atoms with Gasteiger partial charge in [0.2, 0.25) is 0 Å². The standard InChI is InChI=1S/C17H33O7P/c1-2-3-4-5-6-7-8-9-10-11-12-13-17(19)24-16(14-18)15-23-25(20,21)22/h7-8,16,18H,2-6,9-15H2,1H3,(H2,20,21,22). The molecule has 8 heteroatoms. The molecule has 0 bridgehead atoms. The summed E-state index contributed by atoms with van der Waals surface area (Å²) in [4.78, 5) is 28.7. The molecular formula is C17H33O7P. The predicted octanol–water partition coefficient (Wildman–Crippen LogP) is 3.48. The van der Waals surface area contributed by atoms with Gasteiger partial charge in [0.25, 0.3) is 0 Å². The normalized spacial score (nSPS) is 13.3. The Morgan fingerprint density at radius 3 is 2.16 bits per heavy atom. The van der Waals surface area contributed by atoms with Crippen LogP contribution in [0, 0.1) is 0 Å². The van der Waals surface area contributed by atoms with Crippen LogP contribution in [0.1, 0.15) is 71.1 Å². The lowest BCUT2D eigenvalue weighted by atomic mass is 10.1. The second kappa shape index (κ2) is 15.5. The molecule has 0 saturated carbocycles. The number of esters is 1. The molecular weight excluding hydrogens is 347 g/mol. The molecule has 3 N–H and O–H groups in total. The van der Waals surface area contributed by atoms with Crippen LogP contribution in [0.25, 0.3) is 0 Å². The number of carbonyl (C=O) groups excluding carboxylic acids is 1. The molecule has 1 atom stereocenters. The molecule has 0 heterocycles. The molecule has 0 aromatic heterocycles. The second-order valence-electron chi connectivity index (χ2n) is 6.00. The summed E-state index contributed by atoms with van der Waals surface area (Å²) in [5, 5.41) is 9.01. The van der Waals surface area contributed by atoms with Crippen LogP contribution in [-0.2, 0) is 18.6 Å². The molecule has 0 aliphatic heterocycles. The first-order valence-corrected chi connectivity index (χ1v) is 10.6. The van der Waals surface area contributed by atoms with Crippen LogP contribution in [0.5, 0.6) is 0 Å². The van der Waals surface area contributed by atoms with E-state index in [1.807, 2.05) is 0 Å². The van der Waals surface area contributed by atoms with Crippen molar-refractivity contribution in [1.82, 2.24) is 0 Å². The van der Waals surface area contributed by atoms with Crippen LogP contribution < -0.4 is 0 Å². The minimum absolute atomic E-state index is 0.215. The third kappa shape index (κ3) is 17.9. The van der Waals surface area contributed by atoms with Gasteiger partial charge in [-0.05, 0) is 32.1 Å². The Hall–Kier alpha value is -0.720. The highest BCUT2D eigenvalue weighted by atomic mass is 31.2. The van der Waals surface area contributed by atoms with Crippen LogP contribution in [0.4, 0.5) is 0 Å². The maximum absolute atomic E-state index is 11.6. The van der Waals surface area contributed by atoms with Crippen molar-refractivity contribution in [3.8, 4) is 0 Å². The molecule has 0 aromatic rings. The molecule has 0 aliphatic rings. The molecule has 0 radical (unpaired) electrons. The van der Waals surface area contributed by atoms with Crippen molar-refractivity contribution in [2.75, 3.05) is 13.2 Å². The van der Waals surface area contributed by atoms with Gasteiger partial charge in [0.1, 0.15) is 6.10 Å². The van der Waals surface area contributed by atoms with Crippen molar-refractivity contribution in [3.63, 3.8) is 0 Å². The largest absolute Gasteiger partial charge is 0.469 e. The summed E-state index contributed by atoms with van der Waals surface area (Å²) >= 11 is 0. The molecule has 0 fully saturated rings. The van der Waals surface area contributed by atoms with Gasteiger partial charge >= 0.3 is 13.8 Å². The number of rotatable bonds is 16. The van der Waals surface area contributed by atoms with Crippen molar-refractivity contribution in [2.45, 2.75) is 77.2 Å². The third-order valence-electron chi connectivity index (χ3n) is 3.57. The van der Waals surface area contributed by atoms with Gasteiger partial charge in [-0.2, -0.15) is 0 Å². The maximum Gasteiger partial charge on any atom is 0.469 e. The summed E-state index contributed by atoms with van der Waals surface area (Å²) in [7, 11) is -4.63. The van der Waals surface area contributed by atoms with Crippen LogP contribution in [0.15, 0.2) is 12.2 Å². The summed E-state index contributed by atoms with van der Waals surface area (Å²) in [6, 6.07) is 0. The zero-order valence-corrected chi connectivity index (χ0v) is 16.0. The molecule has 7 nitrogen and oxygen atoms in total. The molecule has 0 aromatic carbocycles. The average molecular weight is 380 g/mol. The van der Waals surface area contributed by atoms with Crippen LogP contribution in [0.2, 0.25) is 0 Å². The number of aliphatic hydroxyl groups excluding tert-OH is 1. The van der Waals surface area contributed by atoms with E-state index in [9.17, 15) is 9.36 Å². The lowest BCUT2D eigenvalue weighted by molar-refractivity contribution is -0.153. The van der Waals surface area contributed by atoms with Gasteiger partial charge in [0, 0.05) is 6.42 Å².